The van der Waals surface area contributed by atoms with Gasteiger partial charge in [-0.3, -0.25) is 9.59 Å². The van der Waals surface area contributed by atoms with E-state index >= 15 is 0 Å². The third kappa shape index (κ3) is 6.72. The van der Waals surface area contributed by atoms with E-state index in [1.54, 1.807) is 24.3 Å². The summed E-state index contributed by atoms with van der Waals surface area (Å²) < 4.78 is 0. The number of anilines is 1. The monoisotopic (exact) mass is 305 g/mol. The maximum atomic E-state index is 12.0. The molecule has 0 aliphatic carbocycles. The predicted octanol–water partition coefficient (Wildman–Crippen LogP) is 2.54. The lowest BCUT2D eigenvalue weighted by molar-refractivity contribution is -0.115. The maximum absolute atomic E-state index is 12.0. The Morgan fingerprint density at radius 2 is 2.00 bits per heavy atom. The van der Waals surface area contributed by atoms with Crippen LogP contribution >= 0.6 is 0 Å². The Labute approximate surface area is 132 Å². The number of rotatable bonds is 9. The first-order chi connectivity index (χ1) is 10.6. The third-order valence-electron chi connectivity index (χ3n) is 3.45. The highest BCUT2D eigenvalue weighted by Gasteiger charge is 2.08. The molecule has 5 nitrogen and oxygen atoms in total. The molecule has 0 radical (unpaired) electrons. The molecule has 122 valence electrons. The van der Waals surface area contributed by atoms with E-state index in [1.165, 1.54) is 0 Å². The molecule has 0 aromatic heterocycles. The van der Waals surface area contributed by atoms with Crippen molar-refractivity contribution in [3.63, 3.8) is 0 Å². The Balaban J connectivity index is 2.53. The van der Waals surface area contributed by atoms with Gasteiger partial charge in [-0.25, -0.2) is 0 Å². The fraction of sp³-hybridized carbons (Fsp3) is 0.529. The average molecular weight is 305 g/mol. The minimum atomic E-state index is -0.109. The van der Waals surface area contributed by atoms with Gasteiger partial charge in [0.2, 0.25) is 5.91 Å². The minimum absolute atomic E-state index is 0.108. The Morgan fingerprint density at radius 3 is 2.68 bits per heavy atom. The molecule has 0 aliphatic rings. The van der Waals surface area contributed by atoms with E-state index in [1.807, 2.05) is 6.92 Å². The van der Waals surface area contributed by atoms with Crippen LogP contribution in [0.2, 0.25) is 0 Å². The van der Waals surface area contributed by atoms with Gasteiger partial charge in [-0.15, -0.1) is 0 Å². The van der Waals surface area contributed by atoms with Gasteiger partial charge in [0.25, 0.3) is 5.91 Å². The highest BCUT2D eigenvalue weighted by molar-refractivity contribution is 5.97. The van der Waals surface area contributed by atoms with Gasteiger partial charge in [0.05, 0.1) is 6.54 Å². The number of carbonyl (C=O) groups excluding carboxylic acids is 2. The molecule has 2 amide bonds. The fourth-order valence-corrected chi connectivity index (χ4v) is 1.84. The van der Waals surface area contributed by atoms with Crippen LogP contribution in [0.25, 0.3) is 0 Å². The van der Waals surface area contributed by atoms with Crippen LogP contribution in [0.15, 0.2) is 24.3 Å². The zero-order valence-electron chi connectivity index (χ0n) is 13.7. The van der Waals surface area contributed by atoms with Crippen molar-refractivity contribution in [2.24, 2.45) is 0 Å². The molecule has 3 N–H and O–H groups in total. The summed E-state index contributed by atoms with van der Waals surface area (Å²) in [6.45, 7) is 7.12. The van der Waals surface area contributed by atoms with Crippen LogP contribution in [0.4, 0.5) is 5.69 Å². The van der Waals surface area contributed by atoms with E-state index in [0.29, 0.717) is 23.8 Å². The van der Waals surface area contributed by atoms with Crippen molar-refractivity contribution < 1.29 is 9.59 Å². The van der Waals surface area contributed by atoms with Crippen LogP contribution in [-0.2, 0) is 4.79 Å². The summed E-state index contributed by atoms with van der Waals surface area (Å²) in [5.41, 5.74) is 1.20. The van der Waals surface area contributed by atoms with Gasteiger partial charge in [-0.1, -0.05) is 26.3 Å². The minimum Gasteiger partial charge on any atom is -0.352 e. The molecule has 1 unspecified atom stereocenters. The number of hydrogen-bond donors (Lipinski definition) is 3. The first-order valence-electron chi connectivity index (χ1n) is 7.98. The number of unbranched alkanes of at least 4 members (excludes halogenated alkanes) is 1. The summed E-state index contributed by atoms with van der Waals surface area (Å²) in [7, 11) is 0. The molecule has 0 heterocycles. The van der Waals surface area contributed by atoms with Gasteiger partial charge in [0, 0.05) is 23.8 Å². The van der Waals surface area contributed by atoms with E-state index in [-0.39, 0.29) is 18.4 Å². The third-order valence-corrected chi connectivity index (χ3v) is 3.45. The van der Waals surface area contributed by atoms with Gasteiger partial charge in [0.15, 0.2) is 0 Å². The molecule has 0 saturated carbocycles. The van der Waals surface area contributed by atoms with Gasteiger partial charge < -0.3 is 16.0 Å². The van der Waals surface area contributed by atoms with E-state index in [0.717, 1.165) is 19.3 Å². The standard InChI is InChI=1S/C17H27N3O2/c1-4-6-10-18-17(22)14-8-7-9-15(11-14)20-16(21)12-19-13(3)5-2/h7-9,11,13,19H,4-6,10,12H2,1-3H3,(H,18,22)(H,20,21). The normalized spacial score (nSPS) is 11.8. The Bertz CT molecular complexity index is 489. The van der Waals surface area contributed by atoms with Crippen molar-refractivity contribution in [2.75, 3.05) is 18.4 Å². The quantitative estimate of drug-likeness (QED) is 0.614. The largest absolute Gasteiger partial charge is 0.352 e. The van der Waals surface area contributed by atoms with Crippen molar-refractivity contribution in [1.82, 2.24) is 10.6 Å². The van der Waals surface area contributed by atoms with Gasteiger partial charge in [-0.05, 0) is 38.0 Å². The SMILES string of the molecule is CCCCNC(=O)c1cccc(NC(=O)CNC(C)CC)c1. The van der Waals surface area contributed by atoms with Crippen LogP contribution < -0.4 is 16.0 Å². The molecule has 0 saturated heterocycles. The molecule has 22 heavy (non-hydrogen) atoms. The molecule has 0 bridgehead atoms. The van der Waals surface area contributed by atoms with Crippen LogP contribution in [0.3, 0.4) is 0 Å². The number of nitrogens with one attached hydrogen (secondary N) is 3. The van der Waals surface area contributed by atoms with Crippen molar-refractivity contribution in [2.45, 2.75) is 46.1 Å². The number of hydrogen-bond acceptors (Lipinski definition) is 3. The smallest absolute Gasteiger partial charge is 0.251 e. The molecule has 1 aromatic rings. The molecule has 1 rings (SSSR count). The van der Waals surface area contributed by atoms with E-state index < -0.39 is 0 Å². The lowest BCUT2D eigenvalue weighted by atomic mass is 10.2. The molecule has 0 aliphatic heterocycles. The summed E-state index contributed by atoms with van der Waals surface area (Å²) in [5.74, 6) is -0.217. The second kappa shape index (κ2) is 9.95. The number of carbonyl (C=O) groups is 2. The fourth-order valence-electron chi connectivity index (χ4n) is 1.84. The molecule has 0 spiro atoms. The lowest BCUT2D eigenvalue weighted by Gasteiger charge is -2.12. The summed E-state index contributed by atoms with van der Waals surface area (Å²) >= 11 is 0. The van der Waals surface area contributed by atoms with Crippen LogP contribution in [0, 0.1) is 0 Å². The van der Waals surface area contributed by atoms with Crippen LogP contribution in [-0.4, -0.2) is 30.9 Å². The van der Waals surface area contributed by atoms with Crippen molar-refractivity contribution in [3.05, 3.63) is 29.8 Å². The van der Waals surface area contributed by atoms with Gasteiger partial charge >= 0.3 is 0 Å². The van der Waals surface area contributed by atoms with Crippen LogP contribution in [0.5, 0.6) is 0 Å². The summed E-state index contributed by atoms with van der Waals surface area (Å²) in [4.78, 5) is 23.8. The van der Waals surface area contributed by atoms with Crippen LogP contribution in [0.1, 0.15) is 50.4 Å². The van der Waals surface area contributed by atoms with E-state index in [4.69, 9.17) is 0 Å². The summed E-state index contributed by atoms with van der Waals surface area (Å²) in [6.07, 6.45) is 2.98. The second-order valence-corrected chi connectivity index (χ2v) is 5.43. The zero-order valence-corrected chi connectivity index (χ0v) is 13.7. The van der Waals surface area contributed by atoms with Gasteiger partial charge in [-0.2, -0.15) is 0 Å². The molecule has 0 fully saturated rings. The van der Waals surface area contributed by atoms with Crippen molar-refractivity contribution >= 4 is 17.5 Å². The van der Waals surface area contributed by atoms with Crippen molar-refractivity contribution in [3.8, 4) is 0 Å². The summed E-state index contributed by atoms with van der Waals surface area (Å²) in [5, 5.41) is 8.80. The molecular formula is C17H27N3O2. The molecular weight excluding hydrogens is 278 g/mol. The van der Waals surface area contributed by atoms with E-state index in [9.17, 15) is 9.59 Å². The van der Waals surface area contributed by atoms with E-state index in [2.05, 4.69) is 29.8 Å². The highest BCUT2D eigenvalue weighted by Crippen LogP contribution is 2.10. The Morgan fingerprint density at radius 1 is 1.23 bits per heavy atom. The Kier molecular flexibility index (Phi) is 8.22. The van der Waals surface area contributed by atoms with Gasteiger partial charge in [0.1, 0.15) is 0 Å². The maximum Gasteiger partial charge on any atom is 0.251 e. The molecule has 5 heteroatoms. The zero-order chi connectivity index (χ0) is 16.4. The average Bonchev–Trinajstić information content (AvgIpc) is 2.53. The first-order valence-corrected chi connectivity index (χ1v) is 7.98. The molecule has 1 atom stereocenters. The number of amides is 2. The topological polar surface area (TPSA) is 70.2 Å². The first kappa shape index (κ1) is 18.2. The second-order valence-electron chi connectivity index (χ2n) is 5.43. The lowest BCUT2D eigenvalue weighted by Crippen LogP contribution is -2.34. The Hall–Kier alpha value is -1.88. The summed E-state index contributed by atoms with van der Waals surface area (Å²) in [6, 6.07) is 7.30. The molecule has 1 aromatic carbocycles. The predicted molar refractivity (Wildman–Crippen MR) is 90.1 cm³/mol. The number of benzene rings is 1. The highest BCUT2D eigenvalue weighted by atomic mass is 16.2. The van der Waals surface area contributed by atoms with Crippen molar-refractivity contribution in [1.29, 1.82) is 0 Å².